The lowest BCUT2D eigenvalue weighted by Crippen LogP contribution is -2.34. The summed E-state index contributed by atoms with van der Waals surface area (Å²) in [6.45, 7) is 7.99. The first-order valence-electron chi connectivity index (χ1n) is 6.19. The van der Waals surface area contributed by atoms with Crippen molar-refractivity contribution in [3.8, 4) is 0 Å². The highest BCUT2D eigenvalue weighted by molar-refractivity contribution is 5.70. The van der Waals surface area contributed by atoms with Crippen LogP contribution < -0.4 is 0 Å². The predicted molar refractivity (Wildman–Crippen MR) is 68.5 cm³/mol. The fourth-order valence-corrected chi connectivity index (χ4v) is 1.72. The molecule has 0 saturated carbocycles. The molecular weight excluding hydrogens is 236 g/mol. The van der Waals surface area contributed by atoms with Crippen LogP contribution in [0.1, 0.15) is 34.1 Å². The van der Waals surface area contributed by atoms with Crippen LogP contribution in [0.2, 0.25) is 0 Å². The van der Waals surface area contributed by atoms with Gasteiger partial charge in [-0.25, -0.2) is 0 Å². The molecule has 5 nitrogen and oxygen atoms in total. The summed E-state index contributed by atoms with van der Waals surface area (Å²) in [6.07, 6.45) is -0.689. The van der Waals surface area contributed by atoms with Crippen molar-refractivity contribution in [1.29, 1.82) is 0 Å². The van der Waals surface area contributed by atoms with Gasteiger partial charge < -0.3 is 19.7 Å². The Morgan fingerprint density at radius 3 is 2.22 bits per heavy atom. The molecule has 0 aliphatic rings. The molecule has 108 valence electrons. The first-order chi connectivity index (χ1) is 8.18. The van der Waals surface area contributed by atoms with E-state index in [1.54, 1.807) is 7.11 Å². The van der Waals surface area contributed by atoms with Crippen molar-refractivity contribution in [2.24, 2.45) is 11.3 Å². The Morgan fingerprint density at radius 1 is 1.28 bits per heavy atom. The third-order valence-corrected chi connectivity index (χ3v) is 2.83. The third-order valence-electron chi connectivity index (χ3n) is 2.83. The molecule has 0 saturated heterocycles. The lowest BCUT2D eigenvalue weighted by Gasteiger charge is -2.29. The lowest BCUT2D eigenvalue weighted by molar-refractivity contribution is -0.147. The Morgan fingerprint density at radius 2 is 1.83 bits per heavy atom. The highest BCUT2D eigenvalue weighted by Crippen LogP contribution is 2.30. The van der Waals surface area contributed by atoms with Crippen molar-refractivity contribution in [3.05, 3.63) is 0 Å². The smallest absolute Gasteiger partial charge is 0.307 e. The number of aliphatic carboxylic acids is 1. The molecule has 0 aliphatic carbocycles. The summed E-state index contributed by atoms with van der Waals surface area (Å²) < 4.78 is 10.3. The Bertz CT molecular complexity index is 246. The van der Waals surface area contributed by atoms with Gasteiger partial charge in [-0.1, -0.05) is 20.8 Å². The van der Waals surface area contributed by atoms with Crippen LogP contribution in [0.15, 0.2) is 0 Å². The number of carboxylic acids is 1. The van der Waals surface area contributed by atoms with Gasteiger partial charge in [0.1, 0.15) is 0 Å². The highest BCUT2D eigenvalue weighted by atomic mass is 16.5. The van der Waals surface area contributed by atoms with E-state index in [1.165, 1.54) is 0 Å². The molecule has 0 aromatic heterocycles. The molecule has 0 radical (unpaired) electrons. The van der Waals surface area contributed by atoms with E-state index in [-0.39, 0.29) is 24.5 Å². The molecule has 0 heterocycles. The minimum atomic E-state index is -0.883. The molecule has 3 atom stereocenters. The Balaban J connectivity index is 4.19. The normalized spacial score (nSPS) is 17.2. The van der Waals surface area contributed by atoms with Crippen molar-refractivity contribution >= 4 is 5.97 Å². The van der Waals surface area contributed by atoms with Crippen LogP contribution in [0.4, 0.5) is 0 Å². The summed E-state index contributed by atoms with van der Waals surface area (Å²) in [5.41, 5.74) is -0.384. The monoisotopic (exact) mass is 262 g/mol. The van der Waals surface area contributed by atoms with Gasteiger partial charge >= 0.3 is 5.97 Å². The fourth-order valence-electron chi connectivity index (χ4n) is 1.72. The van der Waals surface area contributed by atoms with E-state index in [4.69, 9.17) is 14.6 Å². The van der Waals surface area contributed by atoms with E-state index >= 15 is 0 Å². The summed E-state index contributed by atoms with van der Waals surface area (Å²) in [4.78, 5) is 11.2. The number of aliphatic hydroxyl groups excluding tert-OH is 1. The minimum Gasteiger partial charge on any atom is -0.481 e. The maximum atomic E-state index is 11.2. The molecular formula is C13H26O5. The number of methoxy groups -OCH3 is 1. The van der Waals surface area contributed by atoms with E-state index < -0.39 is 18.0 Å². The van der Waals surface area contributed by atoms with Crippen LogP contribution >= 0.6 is 0 Å². The van der Waals surface area contributed by atoms with Gasteiger partial charge in [0.15, 0.2) is 0 Å². The molecule has 18 heavy (non-hydrogen) atoms. The maximum absolute atomic E-state index is 11.2. The molecule has 5 heteroatoms. The van der Waals surface area contributed by atoms with Crippen LogP contribution in [-0.2, 0) is 14.3 Å². The molecule has 0 rings (SSSR count). The zero-order valence-electron chi connectivity index (χ0n) is 12.0. The van der Waals surface area contributed by atoms with Gasteiger partial charge in [0, 0.05) is 7.11 Å². The van der Waals surface area contributed by atoms with Crippen molar-refractivity contribution in [1.82, 2.24) is 0 Å². The van der Waals surface area contributed by atoms with E-state index in [0.29, 0.717) is 6.61 Å². The lowest BCUT2D eigenvalue weighted by atomic mass is 9.77. The van der Waals surface area contributed by atoms with Crippen LogP contribution in [0.25, 0.3) is 0 Å². The maximum Gasteiger partial charge on any atom is 0.307 e. The number of hydrogen-bond donors (Lipinski definition) is 2. The third kappa shape index (κ3) is 6.93. The van der Waals surface area contributed by atoms with Crippen molar-refractivity contribution in [2.75, 3.05) is 20.3 Å². The summed E-state index contributed by atoms with van der Waals surface area (Å²) >= 11 is 0. The SMILES string of the molecule is COCC(C)OCC(O)CC(C(=O)O)C(C)(C)C. The van der Waals surface area contributed by atoms with Gasteiger partial charge in [0.25, 0.3) is 0 Å². The zero-order valence-corrected chi connectivity index (χ0v) is 12.0. The molecule has 0 fully saturated rings. The van der Waals surface area contributed by atoms with Crippen molar-refractivity contribution in [2.45, 2.75) is 46.3 Å². The van der Waals surface area contributed by atoms with E-state index in [2.05, 4.69) is 0 Å². The van der Waals surface area contributed by atoms with Gasteiger partial charge in [-0.05, 0) is 18.8 Å². The molecule has 0 aromatic rings. The second-order valence-electron chi connectivity index (χ2n) is 5.75. The Labute approximate surface area is 109 Å². The number of ether oxygens (including phenoxy) is 2. The average Bonchev–Trinajstić information content (AvgIpc) is 2.21. The van der Waals surface area contributed by atoms with Crippen LogP contribution in [-0.4, -0.2) is 48.7 Å². The van der Waals surface area contributed by atoms with Gasteiger partial charge in [0.05, 0.1) is 31.3 Å². The quantitative estimate of drug-likeness (QED) is 0.694. The summed E-state index contributed by atoms with van der Waals surface area (Å²) in [5.74, 6) is -1.47. The second-order valence-corrected chi connectivity index (χ2v) is 5.75. The van der Waals surface area contributed by atoms with Gasteiger partial charge in [-0.3, -0.25) is 4.79 Å². The molecule has 0 bridgehead atoms. The van der Waals surface area contributed by atoms with Crippen molar-refractivity contribution in [3.63, 3.8) is 0 Å². The van der Waals surface area contributed by atoms with E-state index in [0.717, 1.165) is 0 Å². The minimum absolute atomic E-state index is 0.109. The average molecular weight is 262 g/mol. The molecule has 0 spiro atoms. The van der Waals surface area contributed by atoms with Crippen LogP contribution in [0.3, 0.4) is 0 Å². The number of rotatable bonds is 8. The topological polar surface area (TPSA) is 76.0 Å². The number of hydrogen-bond acceptors (Lipinski definition) is 4. The Kier molecular flexibility index (Phi) is 7.43. The highest BCUT2D eigenvalue weighted by Gasteiger charge is 2.33. The van der Waals surface area contributed by atoms with E-state index in [1.807, 2.05) is 27.7 Å². The first-order valence-corrected chi connectivity index (χ1v) is 6.19. The number of carbonyl (C=O) groups is 1. The van der Waals surface area contributed by atoms with E-state index in [9.17, 15) is 9.90 Å². The number of carboxylic acid groups (broad SMARTS) is 1. The molecule has 2 N–H and O–H groups in total. The predicted octanol–water partition coefficient (Wildman–Crippen LogP) is 1.54. The Hall–Kier alpha value is -0.650. The first kappa shape index (κ1) is 17.4. The molecule has 0 amide bonds. The van der Waals surface area contributed by atoms with Gasteiger partial charge in [0.2, 0.25) is 0 Å². The summed E-state index contributed by atoms with van der Waals surface area (Å²) in [6, 6.07) is 0. The van der Waals surface area contributed by atoms with Crippen molar-refractivity contribution < 1.29 is 24.5 Å². The van der Waals surface area contributed by atoms with Crippen LogP contribution in [0.5, 0.6) is 0 Å². The van der Waals surface area contributed by atoms with Gasteiger partial charge in [-0.2, -0.15) is 0 Å². The second kappa shape index (κ2) is 7.71. The molecule has 0 aliphatic heterocycles. The van der Waals surface area contributed by atoms with Gasteiger partial charge in [-0.15, -0.1) is 0 Å². The zero-order chi connectivity index (χ0) is 14.3. The summed E-state index contributed by atoms with van der Waals surface area (Å²) in [7, 11) is 1.58. The number of aliphatic hydroxyl groups is 1. The van der Waals surface area contributed by atoms with Crippen LogP contribution in [0, 0.1) is 11.3 Å². The molecule has 0 aromatic carbocycles. The largest absolute Gasteiger partial charge is 0.481 e. The standard InChI is InChI=1S/C13H26O5/c1-9(7-17-5)18-8-10(14)6-11(12(15)16)13(2,3)4/h9-11,14H,6-8H2,1-5H3,(H,15,16). The summed E-state index contributed by atoms with van der Waals surface area (Å²) in [5, 5.41) is 19.0. The fraction of sp³-hybridized carbons (Fsp3) is 0.923. The molecule has 3 unspecified atom stereocenters.